The van der Waals surface area contributed by atoms with Crippen molar-refractivity contribution in [3.8, 4) is 0 Å². The van der Waals surface area contributed by atoms with Crippen LogP contribution in [0.1, 0.15) is 34.9 Å². The van der Waals surface area contributed by atoms with Crippen LogP contribution in [0.25, 0.3) is 0 Å². The van der Waals surface area contributed by atoms with E-state index >= 15 is 0 Å². The minimum Gasteiger partial charge on any atom is -0.467 e. The second-order valence-corrected chi connectivity index (χ2v) is 8.43. The summed E-state index contributed by atoms with van der Waals surface area (Å²) in [4.78, 5) is 19.0. The van der Waals surface area contributed by atoms with E-state index in [1.54, 1.807) is 6.26 Å². The van der Waals surface area contributed by atoms with Crippen molar-refractivity contribution in [2.75, 3.05) is 26.2 Å². The van der Waals surface area contributed by atoms with E-state index in [1.165, 1.54) is 16.7 Å². The minimum absolute atomic E-state index is 0.0196. The summed E-state index contributed by atoms with van der Waals surface area (Å²) in [5, 5.41) is 5.73. The number of ether oxygens (including phenoxy) is 1. The number of amidine groups is 1. The summed E-state index contributed by atoms with van der Waals surface area (Å²) < 4.78 is 11.4. The lowest BCUT2D eigenvalue weighted by Gasteiger charge is -2.33. The summed E-state index contributed by atoms with van der Waals surface area (Å²) in [7, 11) is 0. The van der Waals surface area contributed by atoms with Crippen molar-refractivity contribution in [3.63, 3.8) is 0 Å². The predicted octanol–water partition coefficient (Wildman–Crippen LogP) is 1.80. The highest BCUT2D eigenvalue weighted by Crippen LogP contribution is 2.14. The number of aliphatic imine (C=N–C) groups is 1. The number of rotatable bonds is 7. The first-order valence-corrected chi connectivity index (χ1v) is 11.0. The molecule has 172 valence electrons. The van der Waals surface area contributed by atoms with Crippen LogP contribution >= 0.6 is 0 Å². The molecular weight excluding hydrogens is 408 g/mol. The zero-order chi connectivity index (χ0) is 22.5. The molecule has 9 heteroatoms. The van der Waals surface area contributed by atoms with Gasteiger partial charge in [0, 0.05) is 26.2 Å². The standard InChI is InChI=1S/C23H32N6O3/c1-15-4-5-18(8-16(15)2)12-29-6-7-31-21(13-29)11-25-23(30)24-10-20-9-19(14-32-20)22-26-17(3)27-28-22/h4-5,8-9,14,17,21,27H,6-7,10-13H2,1-3H3,(H,26,28)(H2,24,25,30)/t17?,21-/m0/s1. The average Bonchev–Trinajstić information content (AvgIpc) is 3.42. The minimum atomic E-state index is -0.246. The van der Waals surface area contributed by atoms with E-state index in [2.05, 4.69) is 63.4 Å². The molecule has 0 bridgehead atoms. The molecule has 1 aromatic carbocycles. The topological polar surface area (TPSA) is 103 Å². The molecule has 1 fully saturated rings. The van der Waals surface area contributed by atoms with E-state index in [1.807, 2.05) is 13.0 Å². The number of urea groups is 1. The Balaban J connectivity index is 1.19. The van der Waals surface area contributed by atoms with Crippen LogP contribution in [0.2, 0.25) is 0 Å². The average molecular weight is 441 g/mol. The first-order valence-electron chi connectivity index (χ1n) is 11.0. The van der Waals surface area contributed by atoms with Crippen molar-refractivity contribution in [2.24, 2.45) is 4.99 Å². The van der Waals surface area contributed by atoms with Crippen molar-refractivity contribution in [1.82, 2.24) is 26.4 Å². The number of furan rings is 1. The summed E-state index contributed by atoms with van der Waals surface area (Å²) in [5.74, 6) is 1.39. The highest BCUT2D eigenvalue weighted by Gasteiger charge is 2.21. The van der Waals surface area contributed by atoms with E-state index in [4.69, 9.17) is 9.15 Å². The number of aryl methyl sites for hydroxylation is 2. The monoisotopic (exact) mass is 440 g/mol. The fraction of sp³-hybridized carbons (Fsp3) is 0.478. The van der Waals surface area contributed by atoms with Crippen LogP contribution < -0.4 is 21.5 Å². The van der Waals surface area contributed by atoms with E-state index < -0.39 is 0 Å². The van der Waals surface area contributed by atoms with Crippen molar-refractivity contribution in [1.29, 1.82) is 0 Å². The van der Waals surface area contributed by atoms with Gasteiger partial charge in [-0.05, 0) is 43.5 Å². The number of hydrazine groups is 1. The van der Waals surface area contributed by atoms with Gasteiger partial charge in [0.2, 0.25) is 0 Å². The molecule has 32 heavy (non-hydrogen) atoms. The van der Waals surface area contributed by atoms with Gasteiger partial charge < -0.3 is 25.2 Å². The molecular formula is C23H32N6O3. The van der Waals surface area contributed by atoms with Crippen LogP contribution in [0.5, 0.6) is 0 Å². The zero-order valence-electron chi connectivity index (χ0n) is 18.9. The number of benzene rings is 1. The van der Waals surface area contributed by atoms with Gasteiger partial charge in [-0.25, -0.2) is 15.2 Å². The number of carbonyl (C=O) groups is 1. The molecule has 4 N–H and O–H groups in total. The van der Waals surface area contributed by atoms with Gasteiger partial charge in [-0.1, -0.05) is 18.2 Å². The van der Waals surface area contributed by atoms with Crippen LogP contribution in [0.15, 0.2) is 39.9 Å². The SMILES string of the molecule is Cc1ccc(CN2CCO[C@@H](CNC(=O)NCc3cc(C4=NC(C)NN4)co3)C2)cc1C. The Morgan fingerprint density at radius 1 is 1.25 bits per heavy atom. The van der Waals surface area contributed by atoms with Crippen LogP contribution in [0, 0.1) is 13.8 Å². The zero-order valence-corrected chi connectivity index (χ0v) is 18.9. The van der Waals surface area contributed by atoms with Gasteiger partial charge in [-0.2, -0.15) is 0 Å². The molecule has 3 heterocycles. The maximum Gasteiger partial charge on any atom is 0.315 e. The predicted molar refractivity (Wildman–Crippen MR) is 122 cm³/mol. The van der Waals surface area contributed by atoms with Gasteiger partial charge in [0.05, 0.1) is 24.8 Å². The quantitative estimate of drug-likeness (QED) is 0.524. The van der Waals surface area contributed by atoms with Gasteiger partial charge >= 0.3 is 6.03 Å². The number of nitrogens with one attached hydrogen (secondary N) is 4. The molecule has 0 spiro atoms. The molecule has 2 atom stereocenters. The summed E-state index contributed by atoms with van der Waals surface area (Å²) >= 11 is 0. The molecule has 1 saturated heterocycles. The number of morpholine rings is 1. The van der Waals surface area contributed by atoms with Gasteiger partial charge in [-0.15, -0.1) is 0 Å². The maximum atomic E-state index is 12.2. The molecule has 1 aromatic heterocycles. The normalized spacial score (nSPS) is 21.2. The Labute approximate surface area is 188 Å². The first-order chi connectivity index (χ1) is 15.5. The molecule has 1 unspecified atom stereocenters. The number of nitrogens with zero attached hydrogens (tertiary/aromatic N) is 2. The van der Waals surface area contributed by atoms with E-state index in [-0.39, 0.29) is 18.3 Å². The second kappa shape index (κ2) is 10.2. The van der Waals surface area contributed by atoms with Crippen LogP contribution in [0.4, 0.5) is 4.79 Å². The third-order valence-corrected chi connectivity index (χ3v) is 5.76. The van der Waals surface area contributed by atoms with Gasteiger partial charge in [-0.3, -0.25) is 4.90 Å². The highest BCUT2D eigenvalue weighted by molar-refractivity contribution is 5.99. The smallest absolute Gasteiger partial charge is 0.315 e. The highest BCUT2D eigenvalue weighted by atomic mass is 16.5. The van der Waals surface area contributed by atoms with E-state index in [0.717, 1.165) is 31.0 Å². The Bertz CT molecular complexity index is 972. The Kier molecular flexibility index (Phi) is 7.09. The van der Waals surface area contributed by atoms with Crippen molar-refractivity contribution in [3.05, 3.63) is 58.5 Å². The van der Waals surface area contributed by atoms with Gasteiger partial charge in [0.15, 0.2) is 0 Å². The Morgan fingerprint density at radius 2 is 2.12 bits per heavy atom. The fourth-order valence-corrected chi connectivity index (χ4v) is 3.82. The number of hydrogen-bond donors (Lipinski definition) is 4. The fourth-order valence-electron chi connectivity index (χ4n) is 3.82. The third-order valence-electron chi connectivity index (χ3n) is 5.76. The lowest BCUT2D eigenvalue weighted by atomic mass is 10.1. The van der Waals surface area contributed by atoms with Crippen LogP contribution in [-0.4, -0.2) is 55.3 Å². The molecule has 2 aromatic rings. The summed E-state index contributed by atoms with van der Waals surface area (Å²) in [6.07, 6.45) is 1.61. The molecule has 0 saturated carbocycles. The lowest BCUT2D eigenvalue weighted by Crippen LogP contribution is -2.48. The molecule has 2 amide bonds. The molecule has 2 aliphatic rings. The van der Waals surface area contributed by atoms with Crippen molar-refractivity contribution >= 4 is 11.9 Å². The van der Waals surface area contributed by atoms with Crippen molar-refractivity contribution in [2.45, 2.75) is 46.1 Å². The Hall–Kier alpha value is -2.88. The first kappa shape index (κ1) is 22.3. The molecule has 4 rings (SSSR count). The molecule has 9 nitrogen and oxygen atoms in total. The third kappa shape index (κ3) is 5.87. The molecule has 0 radical (unpaired) electrons. The maximum absolute atomic E-state index is 12.2. The van der Waals surface area contributed by atoms with Crippen LogP contribution in [-0.2, 0) is 17.8 Å². The largest absolute Gasteiger partial charge is 0.467 e. The van der Waals surface area contributed by atoms with E-state index in [9.17, 15) is 4.79 Å². The summed E-state index contributed by atoms with van der Waals surface area (Å²) in [5.41, 5.74) is 10.8. The lowest BCUT2D eigenvalue weighted by molar-refractivity contribution is -0.0287. The van der Waals surface area contributed by atoms with Crippen molar-refractivity contribution < 1.29 is 13.9 Å². The van der Waals surface area contributed by atoms with Crippen LogP contribution in [0.3, 0.4) is 0 Å². The van der Waals surface area contributed by atoms with E-state index in [0.29, 0.717) is 25.5 Å². The Morgan fingerprint density at radius 3 is 2.91 bits per heavy atom. The number of amides is 2. The second-order valence-electron chi connectivity index (χ2n) is 8.43. The summed E-state index contributed by atoms with van der Waals surface area (Å²) in [6, 6.07) is 8.22. The summed E-state index contributed by atoms with van der Waals surface area (Å²) in [6.45, 7) is 10.2. The number of hydrogen-bond acceptors (Lipinski definition) is 7. The van der Waals surface area contributed by atoms with Gasteiger partial charge in [0.1, 0.15) is 24.0 Å². The molecule has 0 aliphatic carbocycles. The number of carbonyl (C=O) groups excluding carboxylic acids is 1. The van der Waals surface area contributed by atoms with Gasteiger partial charge in [0.25, 0.3) is 0 Å². The molecule has 2 aliphatic heterocycles.